The van der Waals surface area contributed by atoms with Gasteiger partial charge < -0.3 is 15.6 Å². The Morgan fingerprint density at radius 1 is 1.39 bits per heavy atom. The van der Waals surface area contributed by atoms with Gasteiger partial charge in [-0.3, -0.25) is 0 Å². The molecule has 1 saturated carbocycles. The minimum absolute atomic E-state index is 0. The summed E-state index contributed by atoms with van der Waals surface area (Å²) in [7, 11) is 1.66. The predicted octanol–water partition coefficient (Wildman–Crippen LogP) is 2.59. The Bertz CT molecular complexity index is 393. The number of aryl methyl sites for hydroxylation is 1. The quantitative estimate of drug-likeness (QED) is 0.885. The summed E-state index contributed by atoms with van der Waals surface area (Å²) in [6.07, 6.45) is 3.00. The van der Waals surface area contributed by atoms with Gasteiger partial charge in [0.15, 0.2) is 0 Å². The van der Waals surface area contributed by atoms with Crippen LogP contribution in [-0.2, 0) is 0 Å². The molecule has 0 unspecified atom stereocenters. The summed E-state index contributed by atoms with van der Waals surface area (Å²) in [5, 5.41) is 10.2. The number of methoxy groups -OCH3 is 1. The van der Waals surface area contributed by atoms with E-state index in [4.69, 9.17) is 10.5 Å². The van der Waals surface area contributed by atoms with Crippen molar-refractivity contribution < 1.29 is 9.84 Å². The van der Waals surface area contributed by atoms with E-state index < -0.39 is 6.10 Å². The van der Waals surface area contributed by atoms with Crippen molar-refractivity contribution in [1.82, 2.24) is 0 Å². The number of hydrogen-bond acceptors (Lipinski definition) is 3. The highest BCUT2D eigenvalue weighted by atomic mass is 35.5. The lowest BCUT2D eigenvalue weighted by Gasteiger charge is -2.34. The summed E-state index contributed by atoms with van der Waals surface area (Å²) < 4.78 is 5.22. The van der Waals surface area contributed by atoms with Crippen molar-refractivity contribution >= 4 is 12.4 Å². The lowest BCUT2D eigenvalue weighted by Crippen LogP contribution is -2.36. The van der Waals surface area contributed by atoms with Crippen LogP contribution in [0.2, 0.25) is 0 Å². The summed E-state index contributed by atoms with van der Waals surface area (Å²) in [5.41, 5.74) is 8.16. The molecular weight excluding hydrogens is 250 g/mol. The van der Waals surface area contributed by atoms with Gasteiger partial charge in [-0.05, 0) is 42.9 Å². The number of halogens is 1. The SMILES string of the molecule is COc1ccc([C@H](N)[C@H](O)C2CCC2)cc1C.Cl. The van der Waals surface area contributed by atoms with E-state index >= 15 is 0 Å². The Balaban J connectivity index is 0.00000162. The van der Waals surface area contributed by atoms with Crippen molar-refractivity contribution in [3.8, 4) is 5.75 Å². The number of hydrogen-bond donors (Lipinski definition) is 2. The molecule has 3 nitrogen and oxygen atoms in total. The molecule has 1 fully saturated rings. The van der Waals surface area contributed by atoms with Crippen LogP contribution in [0.15, 0.2) is 18.2 Å². The Morgan fingerprint density at radius 3 is 2.50 bits per heavy atom. The highest BCUT2D eigenvalue weighted by molar-refractivity contribution is 5.85. The van der Waals surface area contributed by atoms with Crippen LogP contribution in [0.5, 0.6) is 5.75 Å². The van der Waals surface area contributed by atoms with E-state index in [0.717, 1.165) is 29.7 Å². The van der Waals surface area contributed by atoms with Crippen LogP contribution in [0.4, 0.5) is 0 Å². The van der Waals surface area contributed by atoms with Crippen LogP contribution >= 0.6 is 12.4 Å². The zero-order valence-electron chi connectivity index (χ0n) is 10.9. The lowest BCUT2D eigenvalue weighted by atomic mass is 9.77. The van der Waals surface area contributed by atoms with E-state index in [1.807, 2.05) is 25.1 Å². The van der Waals surface area contributed by atoms with Gasteiger partial charge in [0.25, 0.3) is 0 Å². The molecule has 0 aromatic heterocycles. The number of ether oxygens (including phenoxy) is 1. The molecule has 0 saturated heterocycles. The molecular formula is C14H22ClNO2. The third-order valence-electron chi connectivity index (χ3n) is 3.80. The van der Waals surface area contributed by atoms with Crippen LogP contribution in [0, 0.1) is 12.8 Å². The van der Waals surface area contributed by atoms with Gasteiger partial charge in [0, 0.05) is 0 Å². The number of benzene rings is 1. The van der Waals surface area contributed by atoms with Crippen molar-refractivity contribution in [3.05, 3.63) is 29.3 Å². The van der Waals surface area contributed by atoms with Crippen molar-refractivity contribution in [3.63, 3.8) is 0 Å². The van der Waals surface area contributed by atoms with E-state index in [9.17, 15) is 5.11 Å². The summed E-state index contributed by atoms with van der Waals surface area (Å²) >= 11 is 0. The van der Waals surface area contributed by atoms with Crippen molar-refractivity contribution in [2.75, 3.05) is 7.11 Å². The average Bonchev–Trinajstić information content (AvgIpc) is 2.25. The van der Waals surface area contributed by atoms with Crippen molar-refractivity contribution in [2.45, 2.75) is 38.3 Å². The Labute approximate surface area is 115 Å². The zero-order valence-corrected chi connectivity index (χ0v) is 11.7. The fourth-order valence-corrected chi connectivity index (χ4v) is 2.38. The molecule has 1 aliphatic rings. The number of aliphatic hydroxyl groups is 1. The highest BCUT2D eigenvalue weighted by Crippen LogP contribution is 2.34. The summed E-state index contributed by atoms with van der Waals surface area (Å²) in [5.74, 6) is 1.24. The molecule has 0 spiro atoms. The maximum absolute atomic E-state index is 10.2. The van der Waals surface area contributed by atoms with Gasteiger partial charge in [-0.25, -0.2) is 0 Å². The maximum atomic E-state index is 10.2. The molecule has 2 rings (SSSR count). The molecule has 1 aromatic rings. The zero-order chi connectivity index (χ0) is 12.4. The fourth-order valence-electron chi connectivity index (χ4n) is 2.38. The Kier molecular flexibility index (Phi) is 5.45. The van der Waals surface area contributed by atoms with Crippen LogP contribution in [-0.4, -0.2) is 18.3 Å². The molecule has 1 aliphatic carbocycles. The van der Waals surface area contributed by atoms with E-state index in [-0.39, 0.29) is 18.4 Å². The first-order valence-corrected chi connectivity index (χ1v) is 6.21. The molecule has 0 radical (unpaired) electrons. The van der Waals surface area contributed by atoms with Gasteiger partial charge in [-0.1, -0.05) is 18.6 Å². The monoisotopic (exact) mass is 271 g/mol. The summed E-state index contributed by atoms with van der Waals surface area (Å²) in [4.78, 5) is 0. The Hall–Kier alpha value is -0.770. The van der Waals surface area contributed by atoms with Gasteiger partial charge >= 0.3 is 0 Å². The minimum atomic E-state index is -0.420. The van der Waals surface area contributed by atoms with E-state index in [1.54, 1.807) is 7.11 Å². The molecule has 18 heavy (non-hydrogen) atoms. The molecule has 0 bridgehead atoms. The molecule has 3 N–H and O–H groups in total. The predicted molar refractivity (Wildman–Crippen MR) is 75.3 cm³/mol. The summed E-state index contributed by atoms with van der Waals surface area (Å²) in [6, 6.07) is 5.58. The largest absolute Gasteiger partial charge is 0.496 e. The molecule has 102 valence electrons. The first-order chi connectivity index (χ1) is 8.13. The first kappa shape index (κ1) is 15.3. The Morgan fingerprint density at radius 2 is 2.06 bits per heavy atom. The average molecular weight is 272 g/mol. The second-order valence-electron chi connectivity index (χ2n) is 4.94. The van der Waals surface area contributed by atoms with Crippen LogP contribution in [0.25, 0.3) is 0 Å². The third kappa shape index (κ3) is 2.97. The second-order valence-corrected chi connectivity index (χ2v) is 4.94. The standard InChI is InChI=1S/C14H21NO2.ClH/c1-9-8-11(6-7-12(9)17-2)13(15)14(16)10-4-3-5-10;/h6-8,10,13-14,16H,3-5,15H2,1-2H3;1H/t13-,14+;/m0./s1. The first-order valence-electron chi connectivity index (χ1n) is 6.21. The van der Waals surface area contributed by atoms with E-state index in [2.05, 4.69) is 0 Å². The third-order valence-corrected chi connectivity index (χ3v) is 3.80. The minimum Gasteiger partial charge on any atom is -0.496 e. The number of nitrogens with two attached hydrogens (primary N) is 1. The second kappa shape index (κ2) is 6.41. The smallest absolute Gasteiger partial charge is 0.121 e. The molecule has 1 aromatic carbocycles. The van der Waals surface area contributed by atoms with Crippen molar-refractivity contribution in [2.24, 2.45) is 11.7 Å². The fraction of sp³-hybridized carbons (Fsp3) is 0.571. The topological polar surface area (TPSA) is 55.5 Å². The van der Waals surface area contributed by atoms with Crippen LogP contribution in [0.1, 0.15) is 36.4 Å². The molecule has 0 amide bonds. The normalized spacial score (nSPS) is 18.4. The van der Waals surface area contributed by atoms with Gasteiger partial charge in [-0.15, -0.1) is 12.4 Å². The molecule has 4 heteroatoms. The molecule has 0 heterocycles. The summed E-state index contributed by atoms with van der Waals surface area (Å²) in [6.45, 7) is 1.99. The maximum Gasteiger partial charge on any atom is 0.121 e. The van der Waals surface area contributed by atoms with E-state index in [1.165, 1.54) is 6.42 Å². The van der Waals surface area contributed by atoms with Crippen LogP contribution < -0.4 is 10.5 Å². The van der Waals surface area contributed by atoms with Gasteiger partial charge in [0.05, 0.1) is 19.3 Å². The lowest BCUT2D eigenvalue weighted by molar-refractivity contribution is 0.0413. The molecule has 2 atom stereocenters. The van der Waals surface area contributed by atoms with E-state index in [0.29, 0.717) is 5.92 Å². The van der Waals surface area contributed by atoms with Gasteiger partial charge in [0.2, 0.25) is 0 Å². The van der Waals surface area contributed by atoms with Gasteiger partial charge in [0.1, 0.15) is 5.75 Å². The highest BCUT2D eigenvalue weighted by Gasteiger charge is 2.30. The number of rotatable bonds is 4. The number of aliphatic hydroxyl groups excluding tert-OH is 1. The molecule has 0 aliphatic heterocycles. The van der Waals surface area contributed by atoms with Gasteiger partial charge in [-0.2, -0.15) is 0 Å². The van der Waals surface area contributed by atoms with Crippen LogP contribution in [0.3, 0.4) is 0 Å². The van der Waals surface area contributed by atoms with Crippen molar-refractivity contribution in [1.29, 1.82) is 0 Å².